The lowest BCUT2D eigenvalue weighted by Crippen LogP contribution is -1.95. The lowest BCUT2D eigenvalue weighted by Gasteiger charge is -2.10. The van der Waals surface area contributed by atoms with Crippen LogP contribution < -0.4 is 0 Å². The van der Waals surface area contributed by atoms with Crippen LogP contribution in [-0.2, 0) is 0 Å². The zero-order valence-corrected chi connectivity index (χ0v) is 6.87. The largest absolute Gasteiger partial charge is 0.0879 e. The number of rotatable bonds is 2. The highest BCUT2D eigenvalue weighted by atomic mass is 14.1. The third kappa shape index (κ3) is 3.22. The molecule has 0 saturated carbocycles. The van der Waals surface area contributed by atoms with Crippen molar-refractivity contribution in [2.75, 3.05) is 0 Å². The lowest BCUT2D eigenvalue weighted by atomic mass is 9.96. The Balaban J connectivity index is 2.35. The van der Waals surface area contributed by atoms with Crippen LogP contribution in [0, 0.1) is 12.8 Å². The van der Waals surface area contributed by atoms with Crippen molar-refractivity contribution in [1.29, 1.82) is 0 Å². The molecule has 0 nitrogen and oxygen atoms in total. The van der Waals surface area contributed by atoms with Gasteiger partial charge >= 0.3 is 0 Å². The van der Waals surface area contributed by atoms with Crippen LogP contribution in [0.15, 0.2) is 36.5 Å². The minimum Gasteiger partial charge on any atom is -0.0879 e. The van der Waals surface area contributed by atoms with Crippen molar-refractivity contribution in [2.45, 2.75) is 19.3 Å². The highest BCUT2D eigenvalue weighted by Crippen LogP contribution is 2.17. The quantitative estimate of drug-likeness (QED) is 0.415. The Morgan fingerprint density at radius 2 is 2.27 bits per heavy atom. The van der Waals surface area contributed by atoms with Crippen LogP contribution >= 0.6 is 0 Å². The average Bonchev–Trinajstić information content (AvgIpc) is 2.07. The van der Waals surface area contributed by atoms with Crippen LogP contribution in [0.25, 0.3) is 0 Å². The molecule has 0 N–H and O–H groups in total. The fourth-order valence-corrected chi connectivity index (χ4v) is 1.28. The van der Waals surface area contributed by atoms with E-state index < -0.39 is 0 Å². The zero-order valence-electron chi connectivity index (χ0n) is 6.87. The van der Waals surface area contributed by atoms with Gasteiger partial charge in [-0.2, -0.15) is 0 Å². The molecule has 0 amide bonds. The molecule has 0 aromatic rings. The Kier molecular flexibility index (Phi) is 3.74. The Morgan fingerprint density at radius 3 is 2.91 bits per heavy atom. The number of hydrogen-bond donors (Lipinski definition) is 0. The fourth-order valence-electron chi connectivity index (χ4n) is 1.28. The predicted molar refractivity (Wildman–Crippen MR) is 50.1 cm³/mol. The van der Waals surface area contributed by atoms with E-state index >= 15 is 0 Å². The molecule has 0 spiro atoms. The second-order valence-corrected chi connectivity index (χ2v) is 2.84. The van der Waals surface area contributed by atoms with Gasteiger partial charge in [-0.05, 0) is 32.1 Å². The summed E-state index contributed by atoms with van der Waals surface area (Å²) >= 11 is 0. The first-order valence-electron chi connectivity index (χ1n) is 4.22. The maximum Gasteiger partial charge on any atom is -0.00503 e. The summed E-state index contributed by atoms with van der Waals surface area (Å²) in [4.78, 5) is 0. The summed E-state index contributed by atoms with van der Waals surface area (Å²) in [5.74, 6) is 0.667. The van der Waals surface area contributed by atoms with Crippen molar-refractivity contribution >= 4 is 0 Å². The molecule has 0 aromatic carbocycles. The van der Waals surface area contributed by atoms with Crippen molar-refractivity contribution in [3.8, 4) is 0 Å². The molecule has 0 saturated heterocycles. The monoisotopic (exact) mass is 147 g/mol. The Morgan fingerprint density at radius 1 is 1.36 bits per heavy atom. The second-order valence-electron chi connectivity index (χ2n) is 2.84. The molecular formula is C11H15. The van der Waals surface area contributed by atoms with Crippen LogP contribution in [-0.4, -0.2) is 0 Å². The van der Waals surface area contributed by atoms with E-state index in [1.807, 2.05) is 12.2 Å². The summed E-state index contributed by atoms with van der Waals surface area (Å²) < 4.78 is 0. The van der Waals surface area contributed by atoms with Crippen molar-refractivity contribution in [3.63, 3.8) is 0 Å². The summed E-state index contributed by atoms with van der Waals surface area (Å²) in [7, 11) is 0. The number of hydrogen-bond acceptors (Lipinski definition) is 0. The van der Waals surface area contributed by atoms with Crippen LogP contribution in [0.5, 0.6) is 0 Å². The van der Waals surface area contributed by atoms with Gasteiger partial charge in [-0.3, -0.25) is 0 Å². The van der Waals surface area contributed by atoms with Gasteiger partial charge in [0.15, 0.2) is 0 Å². The summed E-state index contributed by atoms with van der Waals surface area (Å²) in [6.07, 6.45) is 16.5. The standard InChI is InChI=1S/C11H15/c1-2-3-5-8-11-9-6-4-7-10-11/h2-3,5-6,8-9,11H,1,4,7,10H2. The molecule has 1 rings (SSSR count). The molecule has 0 bridgehead atoms. The second kappa shape index (κ2) is 4.95. The minimum absolute atomic E-state index is 0.667. The van der Waals surface area contributed by atoms with Crippen LogP contribution in [0.3, 0.4) is 0 Å². The van der Waals surface area contributed by atoms with Crippen LogP contribution in [0.2, 0.25) is 0 Å². The average molecular weight is 147 g/mol. The molecule has 1 atom stereocenters. The molecule has 11 heavy (non-hydrogen) atoms. The molecular weight excluding hydrogens is 132 g/mol. The summed E-state index contributed by atoms with van der Waals surface area (Å²) in [5, 5.41) is 0. The molecule has 0 heterocycles. The molecule has 0 fully saturated rings. The van der Waals surface area contributed by atoms with Crippen molar-refractivity contribution in [3.05, 3.63) is 43.4 Å². The molecule has 0 aliphatic heterocycles. The zero-order chi connectivity index (χ0) is 7.94. The fraction of sp³-hybridized carbons (Fsp3) is 0.364. The number of allylic oxidation sites excluding steroid dienone is 6. The Bertz CT molecular complexity index is 172. The molecule has 1 aliphatic rings. The molecule has 1 unspecified atom stereocenters. The van der Waals surface area contributed by atoms with E-state index in [0.29, 0.717) is 5.92 Å². The van der Waals surface area contributed by atoms with Crippen molar-refractivity contribution < 1.29 is 0 Å². The van der Waals surface area contributed by atoms with Crippen LogP contribution in [0.4, 0.5) is 0 Å². The SMILES string of the molecule is [CH2]C=CC=CC1C=CCCC1. The maximum absolute atomic E-state index is 3.62. The summed E-state index contributed by atoms with van der Waals surface area (Å²) in [5.41, 5.74) is 0. The predicted octanol–water partition coefficient (Wildman–Crippen LogP) is 3.29. The van der Waals surface area contributed by atoms with Gasteiger partial charge in [-0.15, -0.1) is 0 Å². The van der Waals surface area contributed by atoms with E-state index in [1.165, 1.54) is 19.3 Å². The molecule has 59 valence electrons. The van der Waals surface area contributed by atoms with Crippen LogP contribution in [0.1, 0.15) is 19.3 Å². The third-order valence-corrected chi connectivity index (χ3v) is 1.90. The van der Waals surface area contributed by atoms with Gasteiger partial charge in [0, 0.05) is 0 Å². The van der Waals surface area contributed by atoms with Gasteiger partial charge in [-0.25, -0.2) is 0 Å². The lowest BCUT2D eigenvalue weighted by molar-refractivity contribution is 0.631. The van der Waals surface area contributed by atoms with Gasteiger partial charge in [0.05, 0.1) is 0 Å². The normalized spacial score (nSPS) is 25.4. The topological polar surface area (TPSA) is 0 Å². The highest BCUT2D eigenvalue weighted by molar-refractivity contribution is 5.10. The highest BCUT2D eigenvalue weighted by Gasteiger charge is 2.02. The molecule has 0 heteroatoms. The first kappa shape index (κ1) is 8.32. The van der Waals surface area contributed by atoms with Crippen molar-refractivity contribution in [1.82, 2.24) is 0 Å². The summed E-state index contributed by atoms with van der Waals surface area (Å²) in [6.45, 7) is 3.62. The van der Waals surface area contributed by atoms with E-state index in [-0.39, 0.29) is 0 Å². The molecule has 1 radical (unpaired) electrons. The smallest absolute Gasteiger partial charge is 0.00503 e. The van der Waals surface area contributed by atoms with Gasteiger partial charge in [0.25, 0.3) is 0 Å². The van der Waals surface area contributed by atoms with E-state index in [9.17, 15) is 0 Å². The summed E-state index contributed by atoms with van der Waals surface area (Å²) in [6, 6.07) is 0. The third-order valence-electron chi connectivity index (χ3n) is 1.90. The maximum atomic E-state index is 3.62. The van der Waals surface area contributed by atoms with Gasteiger partial charge in [-0.1, -0.05) is 36.5 Å². The van der Waals surface area contributed by atoms with E-state index in [0.717, 1.165) is 0 Å². The van der Waals surface area contributed by atoms with E-state index in [1.54, 1.807) is 0 Å². The van der Waals surface area contributed by atoms with Crippen molar-refractivity contribution in [2.24, 2.45) is 5.92 Å². The van der Waals surface area contributed by atoms with E-state index in [4.69, 9.17) is 0 Å². The van der Waals surface area contributed by atoms with E-state index in [2.05, 4.69) is 31.2 Å². The first-order chi connectivity index (χ1) is 5.43. The Hall–Kier alpha value is -0.780. The minimum atomic E-state index is 0.667. The molecule has 1 aliphatic carbocycles. The van der Waals surface area contributed by atoms with Gasteiger partial charge < -0.3 is 0 Å². The Labute approximate surface area is 69.3 Å². The van der Waals surface area contributed by atoms with Gasteiger partial charge in [0.2, 0.25) is 0 Å². The van der Waals surface area contributed by atoms with Gasteiger partial charge in [0.1, 0.15) is 0 Å². The first-order valence-corrected chi connectivity index (χ1v) is 4.22. The molecule has 0 aromatic heterocycles.